The Morgan fingerprint density at radius 1 is 1.45 bits per heavy atom. The van der Waals surface area contributed by atoms with Crippen molar-refractivity contribution in [1.29, 1.82) is 0 Å². The van der Waals surface area contributed by atoms with Crippen LogP contribution < -0.4 is 5.32 Å². The van der Waals surface area contributed by atoms with Crippen LogP contribution in [0.2, 0.25) is 5.02 Å². The number of hydrogen-bond donors (Lipinski definition) is 2. The van der Waals surface area contributed by atoms with Crippen LogP contribution in [0.3, 0.4) is 0 Å². The Labute approximate surface area is 126 Å². The number of anilines is 1. The van der Waals surface area contributed by atoms with Crippen LogP contribution in [0.1, 0.15) is 20.8 Å². The Hall–Kier alpha value is -1.80. The van der Waals surface area contributed by atoms with Gasteiger partial charge in [0.2, 0.25) is 0 Å². The Bertz CT molecular complexity index is 697. The summed E-state index contributed by atoms with van der Waals surface area (Å²) >= 11 is 7.40. The fraction of sp³-hybridized carbons (Fsp3) is 0.133. The smallest absolute Gasteiger partial charge is 0.256 e. The van der Waals surface area contributed by atoms with Crippen LogP contribution in [-0.2, 0) is 0 Å². The molecule has 1 aromatic carbocycles. The second kappa shape index (κ2) is 6.58. The maximum absolute atomic E-state index is 12.1. The molecule has 1 heterocycles. The standard InChI is InChI=1S/C15H12ClNO2S/c1-10-4-5-13(16)14(7-10)17-15(19)11-8-12(20-9-11)3-2-6-18/h4-5,7-9,18H,6H2,1H3,(H,17,19). The number of nitrogens with one attached hydrogen (secondary N) is 1. The van der Waals surface area contributed by atoms with Gasteiger partial charge in [-0.2, -0.15) is 0 Å². The molecule has 0 unspecified atom stereocenters. The number of halogens is 1. The van der Waals surface area contributed by atoms with Crippen molar-refractivity contribution in [2.75, 3.05) is 11.9 Å². The molecule has 20 heavy (non-hydrogen) atoms. The molecule has 2 N–H and O–H groups in total. The molecule has 0 spiro atoms. The van der Waals surface area contributed by atoms with Gasteiger partial charge < -0.3 is 10.4 Å². The Kier molecular flexibility index (Phi) is 4.80. The first kappa shape index (κ1) is 14.6. The average molecular weight is 306 g/mol. The zero-order valence-electron chi connectivity index (χ0n) is 10.7. The SMILES string of the molecule is Cc1ccc(Cl)c(NC(=O)c2csc(C#CCO)c2)c1. The summed E-state index contributed by atoms with van der Waals surface area (Å²) in [6.45, 7) is 1.73. The number of carbonyl (C=O) groups excluding carboxylic acids is 1. The molecular formula is C15H12ClNO2S. The molecule has 0 saturated heterocycles. The molecule has 2 rings (SSSR count). The van der Waals surface area contributed by atoms with E-state index in [-0.39, 0.29) is 12.5 Å². The van der Waals surface area contributed by atoms with Crippen LogP contribution in [0.4, 0.5) is 5.69 Å². The van der Waals surface area contributed by atoms with E-state index in [1.54, 1.807) is 17.5 Å². The highest BCUT2D eigenvalue weighted by Gasteiger charge is 2.10. The van der Waals surface area contributed by atoms with Gasteiger partial charge in [0.25, 0.3) is 5.91 Å². The predicted octanol–water partition coefficient (Wildman–Crippen LogP) is 3.31. The van der Waals surface area contributed by atoms with Gasteiger partial charge in [0.1, 0.15) is 6.61 Å². The van der Waals surface area contributed by atoms with E-state index in [4.69, 9.17) is 16.7 Å². The molecule has 1 amide bonds. The van der Waals surface area contributed by atoms with Crippen molar-refractivity contribution in [1.82, 2.24) is 0 Å². The monoisotopic (exact) mass is 305 g/mol. The summed E-state index contributed by atoms with van der Waals surface area (Å²) in [6, 6.07) is 7.13. The van der Waals surface area contributed by atoms with E-state index < -0.39 is 0 Å². The van der Waals surface area contributed by atoms with Gasteiger partial charge in [-0.15, -0.1) is 11.3 Å². The van der Waals surface area contributed by atoms with Crippen LogP contribution in [0.5, 0.6) is 0 Å². The lowest BCUT2D eigenvalue weighted by Crippen LogP contribution is -2.11. The molecule has 0 bridgehead atoms. The summed E-state index contributed by atoms with van der Waals surface area (Å²) in [7, 11) is 0. The van der Waals surface area contributed by atoms with Crippen LogP contribution in [0.25, 0.3) is 0 Å². The van der Waals surface area contributed by atoms with Gasteiger partial charge in [-0.1, -0.05) is 29.5 Å². The van der Waals surface area contributed by atoms with Gasteiger partial charge in [0.05, 0.1) is 21.2 Å². The van der Waals surface area contributed by atoms with E-state index in [2.05, 4.69) is 17.2 Å². The van der Waals surface area contributed by atoms with E-state index in [9.17, 15) is 4.79 Å². The number of thiophene rings is 1. The Morgan fingerprint density at radius 2 is 2.25 bits per heavy atom. The van der Waals surface area contributed by atoms with Crippen molar-refractivity contribution in [3.63, 3.8) is 0 Å². The Morgan fingerprint density at radius 3 is 3.00 bits per heavy atom. The first-order chi connectivity index (χ1) is 9.60. The molecular weight excluding hydrogens is 294 g/mol. The molecule has 102 valence electrons. The number of amides is 1. The van der Waals surface area contributed by atoms with E-state index in [0.717, 1.165) is 10.4 Å². The lowest BCUT2D eigenvalue weighted by molar-refractivity contribution is 0.102. The normalized spacial score (nSPS) is 9.75. The number of benzene rings is 1. The van der Waals surface area contributed by atoms with Gasteiger partial charge in [-0.05, 0) is 30.7 Å². The minimum absolute atomic E-state index is 0.196. The fourth-order valence-corrected chi connectivity index (χ4v) is 2.50. The van der Waals surface area contributed by atoms with Gasteiger partial charge in [0.15, 0.2) is 0 Å². The van der Waals surface area contributed by atoms with E-state index in [1.165, 1.54) is 11.3 Å². The third-order valence-electron chi connectivity index (χ3n) is 2.52. The Balaban J connectivity index is 2.15. The topological polar surface area (TPSA) is 49.3 Å². The number of aryl methyl sites for hydroxylation is 1. The van der Waals surface area contributed by atoms with Gasteiger partial charge in [-0.3, -0.25) is 4.79 Å². The number of carbonyl (C=O) groups is 1. The van der Waals surface area contributed by atoms with E-state index in [1.807, 2.05) is 19.1 Å². The van der Waals surface area contributed by atoms with Crippen LogP contribution in [-0.4, -0.2) is 17.6 Å². The number of hydrogen-bond acceptors (Lipinski definition) is 3. The summed E-state index contributed by atoms with van der Waals surface area (Å²) < 4.78 is 0. The fourth-order valence-electron chi connectivity index (χ4n) is 1.58. The second-order valence-corrected chi connectivity index (χ2v) is 5.42. The first-order valence-corrected chi connectivity index (χ1v) is 7.11. The first-order valence-electron chi connectivity index (χ1n) is 5.86. The quantitative estimate of drug-likeness (QED) is 0.836. The highest BCUT2D eigenvalue weighted by atomic mass is 35.5. The van der Waals surface area contributed by atoms with Gasteiger partial charge in [-0.25, -0.2) is 0 Å². The molecule has 0 fully saturated rings. The zero-order valence-corrected chi connectivity index (χ0v) is 12.3. The van der Waals surface area contributed by atoms with Crippen LogP contribution in [0, 0.1) is 18.8 Å². The van der Waals surface area contributed by atoms with Crippen molar-refractivity contribution in [3.8, 4) is 11.8 Å². The molecule has 0 radical (unpaired) electrons. The van der Waals surface area contributed by atoms with E-state index in [0.29, 0.717) is 16.3 Å². The minimum atomic E-state index is -0.231. The minimum Gasteiger partial charge on any atom is -0.384 e. The lowest BCUT2D eigenvalue weighted by atomic mass is 10.2. The molecule has 0 saturated carbocycles. The maximum Gasteiger partial charge on any atom is 0.256 e. The van der Waals surface area contributed by atoms with Crippen molar-refractivity contribution in [3.05, 3.63) is 50.7 Å². The van der Waals surface area contributed by atoms with Crippen LogP contribution >= 0.6 is 22.9 Å². The van der Waals surface area contributed by atoms with Crippen LogP contribution in [0.15, 0.2) is 29.6 Å². The molecule has 0 aliphatic carbocycles. The zero-order chi connectivity index (χ0) is 14.5. The van der Waals surface area contributed by atoms with Crippen molar-refractivity contribution < 1.29 is 9.90 Å². The summed E-state index contributed by atoms with van der Waals surface area (Å²) in [5.41, 5.74) is 2.13. The van der Waals surface area contributed by atoms with E-state index >= 15 is 0 Å². The third-order valence-corrected chi connectivity index (χ3v) is 3.70. The highest BCUT2D eigenvalue weighted by Crippen LogP contribution is 2.24. The third kappa shape index (κ3) is 3.61. The van der Waals surface area contributed by atoms with Crippen molar-refractivity contribution in [2.24, 2.45) is 0 Å². The number of aliphatic hydroxyl groups is 1. The molecule has 5 heteroatoms. The maximum atomic E-state index is 12.1. The summed E-state index contributed by atoms with van der Waals surface area (Å²) in [6.07, 6.45) is 0. The highest BCUT2D eigenvalue weighted by molar-refractivity contribution is 7.10. The molecule has 0 atom stereocenters. The molecule has 1 aromatic heterocycles. The molecule has 0 aliphatic rings. The second-order valence-electron chi connectivity index (χ2n) is 4.10. The number of rotatable bonds is 2. The lowest BCUT2D eigenvalue weighted by Gasteiger charge is -2.06. The average Bonchev–Trinajstić information content (AvgIpc) is 2.89. The summed E-state index contributed by atoms with van der Waals surface area (Å²) in [5.74, 6) is 5.08. The molecule has 2 aromatic rings. The van der Waals surface area contributed by atoms with Gasteiger partial charge >= 0.3 is 0 Å². The predicted molar refractivity (Wildman–Crippen MR) is 82.4 cm³/mol. The largest absolute Gasteiger partial charge is 0.384 e. The van der Waals surface area contributed by atoms with Crippen molar-refractivity contribution >= 4 is 34.5 Å². The van der Waals surface area contributed by atoms with Gasteiger partial charge in [0, 0.05) is 5.38 Å². The molecule has 0 aliphatic heterocycles. The molecule has 3 nitrogen and oxygen atoms in total. The number of aliphatic hydroxyl groups excluding tert-OH is 1. The van der Waals surface area contributed by atoms with Crippen molar-refractivity contribution in [2.45, 2.75) is 6.92 Å². The summed E-state index contributed by atoms with van der Waals surface area (Å²) in [5, 5.41) is 13.6. The summed E-state index contributed by atoms with van der Waals surface area (Å²) in [4.78, 5) is 12.8.